The van der Waals surface area contributed by atoms with Gasteiger partial charge < -0.3 is 10.2 Å². The van der Waals surface area contributed by atoms with Crippen molar-refractivity contribution in [1.82, 2.24) is 15.2 Å². The van der Waals surface area contributed by atoms with E-state index in [9.17, 15) is 13.2 Å². The standard InChI is InChI=1S/C22H30N4O3S/c1-18-5-4-16-26(17-18)15-3-2-12-24-22(27)19-6-8-21(9-7-19)30(28,29)25-20-10-13-23-14-11-20/h6-11,13-14,18H,2-5,12,15-17H2,1H3,(H,23,25)(H,24,27). The van der Waals surface area contributed by atoms with Gasteiger partial charge in [0.1, 0.15) is 0 Å². The Balaban J connectivity index is 1.43. The van der Waals surface area contributed by atoms with Crippen LogP contribution in [-0.4, -0.2) is 50.4 Å². The summed E-state index contributed by atoms with van der Waals surface area (Å²) in [7, 11) is -3.71. The van der Waals surface area contributed by atoms with E-state index in [0.717, 1.165) is 25.3 Å². The lowest BCUT2D eigenvalue weighted by Crippen LogP contribution is -2.35. The molecular formula is C22H30N4O3S. The number of piperidine rings is 1. The Morgan fingerprint density at radius 2 is 1.87 bits per heavy atom. The first kappa shape index (κ1) is 22.2. The smallest absolute Gasteiger partial charge is 0.261 e. The molecule has 2 heterocycles. The SMILES string of the molecule is CC1CCCN(CCCCNC(=O)c2ccc(S(=O)(=O)Nc3ccncc3)cc2)C1. The van der Waals surface area contributed by atoms with E-state index < -0.39 is 10.0 Å². The number of anilines is 1. The van der Waals surface area contributed by atoms with E-state index in [1.807, 2.05) is 0 Å². The maximum Gasteiger partial charge on any atom is 0.261 e. The maximum absolute atomic E-state index is 12.4. The van der Waals surface area contributed by atoms with Gasteiger partial charge in [-0.05, 0) is 81.1 Å². The molecule has 162 valence electrons. The van der Waals surface area contributed by atoms with Gasteiger partial charge in [0.15, 0.2) is 0 Å². The molecule has 1 aromatic carbocycles. The van der Waals surface area contributed by atoms with Gasteiger partial charge in [-0.15, -0.1) is 0 Å². The summed E-state index contributed by atoms with van der Waals surface area (Å²) in [5.41, 5.74) is 0.883. The molecule has 1 aliphatic heterocycles. The summed E-state index contributed by atoms with van der Waals surface area (Å²) in [5.74, 6) is 0.595. The van der Waals surface area contributed by atoms with E-state index in [4.69, 9.17) is 0 Å². The number of unbranched alkanes of at least 4 members (excludes halogenated alkanes) is 1. The van der Waals surface area contributed by atoms with Crippen molar-refractivity contribution >= 4 is 21.6 Å². The van der Waals surface area contributed by atoms with Gasteiger partial charge in [0.05, 0.1) is 10.6 Å². The van der Waals surface area contributed by atoms with Crippen LogP contribution in [0.25, 0.3) is 0 Å². The zero-order valence-electron chi connectivity index (χ0n) is 17.4. The molecule has 1 saturated heterocycles. The van der Waals surface area contributed by atoms with Crippen LogP contribution in [0.4, 0.5) is 5.69 Å². The second-order valence-electron chi connectivity index (χ2n) is 7.88. The second-order valence-corrected chi connectivity index (χ2v) is 9.56. The van der Waals surface area contributed by atoms with E-state index in [1.165, 1.54) is 62.6 Å². The van der Waals surface area contributed by atoms with Gasteiger partial charge in [0.2, 0.25) is 0 Å². The molecule has 0 radical (unpaired) electrons. The third kappa shape index (κ3) is 6.53. The second kappa shape index (κ2) is 10.5. The molecular weight excluding hydrogens is 400 g/mol. The van der Waals surface area contributed by atoms with Gasteiger partial charge in [-0.2, -0.15) is 0 Å². The number of carbonyl (C=O) groups excluding carboxylic acids is 1. The number of aromatic nitrogens is 1. The van der Waals surface area contributed by atoms with E-state index in [-0.39, 0.29) is 10.8 Å². The molecule has 1 aliphatic rings. The zero-order valence-corrected chi connectivity index (χ0v) is 18.2. The summed E-state index contributed by atoms with van der Waals surface area (Å²) in [6.07, 6.45) is 7.62. The number of rotatable bonds is 9. The normalized spacial score (nSPS) is 17.4. The van der Waals surface area contributed by atoms with Crippen molar-refractivity contribution in [1.29, 1.82) is 0 Å². The minimum atomic E-state index is -3.71. The monoisotopic (exact) mass is 430 g/mol. The van der Waals surface area contributed by atoms with Crippen molar-refractivity contribution in [2.75, 3.05) is 30.9 Å². The largest absolute Gasteiger partial charge is 0.352 e. The van der Waals surface area contributed by atoms with E-state index in [0.29, 0.717) is 17.8 Å². The molecule has 7 nitrogen and oxygen atoms in total. The third-order valence-electron chi connectivity index (χ3n) is 5.29. The quantitative estimate of drug-likeness (QED) is 0.597. The molecule has 0 saturated carbocycles. The Morgan fingerprint density at radius 3 is 2.57 bits per heavy atom. The number of nitrogens with one attached hydrogen (secondary N) is 2. The minimum Gasteiger partial charge on any atom is -0.352 e. The number of sulfonamides is 1. The van der Waals surface area contributed by atoms with Gasteiger partial charge in [-0.1, -0.05) is 6.92 Å². The Morgan fingerprint density at radius 1 is 1.13 bits per heavy atom. The van der Waals surface area contributed by atoms with E-state index in [1.54, 1.807) is 12.1 Å². The van der Waals surface area contributed by atoms with Gasteiger partial charge in [0, 0.05) is 31.0 Å². The molecule has 3 rings (SSSR count). The number of amides is 1. The molecule has 0 aliphatic carbocycles. The summed E-state index contributed by atoms with van der Waals surface area (Å²) in [6, 6.07) is 9.10. The zero-order chi connectivity index (χ0) is 21.4. The van der Waals surface area contributed by atoms with Gasteiger partial charge in [0.25, 0.3) is 15.9 Å². The van der Waals surface area contributed by atoms with Gasteiger partial charge in [-0.25, -0.2) is 8.42 Å². The Hall–Kier alpha value is -2.45. The maximum atomic E-state index is 12.4. The number of likely N-dealkylation sites (tertiary alicyclic amines) is 1. The highest BCUT2D eigenvalue weighted by Gasteiger charge is 2.16. The average molecular weight is 431 g/mol. The van der Waals surface area contributed by atoms with Gasteiger partial charge >= 0.3 is 0 Å². The highest BCUT2D eigenvalue weighted by molar-refractivity contribution is 7.92. The molecule has 0 bridgehead atoms. The van der Waals surface area contributed by atoms with Crippen LogP contribution in [0.3, 0.4) is 0 Å². The molecule has 2 N–H and O–H groups in total. The summed E-state index contributed by atoms with van der Waals surface area (Å²) >= 11 is 0. The summed E-state index contributed by atoms with van der Waals surface area (Å²) in [6.45, 7) is 6.36. The van der Waals surface area contributed by atoms with E-state index >= 15 is 0 Å². The average Bonchev–Trinajstić information content (AvgIpc) is 2.74. The van der Waals surface area contributed by atoms with Crippen molar-refractivity contribution < 1.29 is 13.2 Å². The Labute approximate surface area is 178 Å². The lowest BCUT2D eigenvalue weighted by molar-refractivity contribution is 0.0952. The van der Waals surface area contributed by atoms with Crippen LogP contribution in [0.2, 0.25) is 0 Å². The number of hydrogen-bond acceptors (Lipinski definition) is 5. The summed E-state index contributed by atoms with van der Waals surface area (Å²) < 4.78 is 27.4. The van der Waals surface area contributed by atoms with E-state index in [2.05, 4.69) is 26.8 Å². The van der Waals surface area contributed by atoms with Crippen molar-refractivity contribution in [3.8, 4) is 0 Å². The fraction of sp³-hybridized carbons (Fsp3) is 0.455. The number of pyridine rings is 1. The van der Waals surface area contributed by atoms with Crippen LogP contribution >= 0.6 is 0 Å². The van der Waals surface area contributed by atoms with Crippen molar-refractivity contribution in [3.05, 3.63) is 54.4 Å². The lowest BCUT2D eigenvalue weighted by Gasteiger charge is -2.30. The molecule has 2 aromatic rings. The van der Waals surface area contributed by atoms with Crippen molar-refractivity contribution in [2.45, 2.75) is 37.5 Å². The van der Waals surface area contributed by atoms with Crippen molar-refractivity contribution in [3.63, 3.8) is 0 Å². The number of nitrogens with zero attached hydrogens (tertiary/aromatic N) is 2. The first-order valence-corrected chi connectivity index (χ1v) is 12.0. The molecule has 1 aromatic heterocycles. The highest BCUT2D eigenvalue weighted by Crippen LogP contribution is 2.17. The van der Waals surface area contributed by atoms with Gasteiger partial charge in [-0.3, -0.25) is 14.5 Å². The number of hydrogen-bond donors (Lipinski definition) is 2. The molecule has 30 heavy (non-hydrogen) atoms. The fourth-order valence-corrected chi connectivity index (χ4v) is 4.73. The van der Waals surface area contributed by atoms with Crippen LogP contribution in [0, 0.1) is 5.92 Å². The van der Waals surface area contributed by atoms with Crippen LogP contribution < -0.4 is 10.0 Å². The molecule has 1 amide bonds. The molecule has 1 unspecified atom stereocenters. The van der Waals surface area contributed by atoms with Crippen molar-refractivity contribution in [2.24, 2.45) is 5.92 Å². The fourth-order valence-electron chi connectivity index (χ4n) is 3.67. The highest BCUT2D eigenvalue weighted by atomic mass is 32.2. The Bertz CT molecular complexity index is 917. The number of benzene rings is 1. The molecule has 1 fully saturated rings. The first-order valence-electron chi connectivity index (χ1n) is 10.5. The predicted octanol–water partition coefficient (Wildman–Crippen LogP) is 3.12. The molecule has 0 spiro atoms. The van der Waals surface area contributed by atoms with Crippen LogP contribution in [0.1, 0.15) is 43.0 Å². The minimum absolute atomic E-state index is 0.103. The lowest BCUT2D eigenvalue weighted by atomic mass is 10.0. The van der Waals surface area contributed by atoms with Crippen LogP contribution in [-0.2, 0) is 10.0 Å². The topological polar surface area (TPSA) is 91.4 Å². The predicted molar refractivity (Wildman–Crippen MR) is 118 cm³/mol. The number of carbonyl (C=O) groups is 1. The van der Waals surface area contributed by atoms with Crippen LogP contribution in [0.5, 0.6) is 0 Å². The molecule has 1 atom stereocenters. The molecule has 8 heteroatoms. The Kier molecular flexibility index (Phi) is 7.81. The summed E-state index contributed by atoms with van der Waals surface area (Å²) in [4.78, 5) is 18.8. The summed E-state index contributed by atoms with van der Waals surface area (Å²) in [5, 5.41) is 2.91. The van der Waals surface area contributed by atoms with Crippen LogP contribution in [0.15, 0.2) is 53.7 Å². The first-order chi connectivity index (χ1) is 14.4. The third-order valence-corrected chi connectivity index (χ3v) is 6.68.